The number of para-hydroxylation sites is 1. The fourth-order valence-corrected chi connectivity index (χ4v) is 3.33. The van der Waals surface area contributed by atoms with Gasteiger partial charge >= 0.3 is 0 Å². The molecule has 0 aliphatic carbocycles. The topological polar surface area (TPSA) is 72.4 Å². The molecule has 0 bridgehead atoms. The lowest BCUT2D eigenvalue weighted by Crippen LogP contribution is -2.19. The zero-order valence-corrected chi connectivity index (χ0v) is 17.0. The van der Waals surface area contributed by atoms with Crippen molar-refractivity contribution >= 4 is 33.7 Å². The Kier molecular flexibility index (Phi) is 5.46. The molecule has 27 heavy (non-hydrogen) atoms. The van der Waals surface area contributed by atoms with E-state index in [0.717, 1.165) is 27.1 Å². The highest BCUT2D eigenvalue weighted by atomic mass is 79.9. The van der Waals surface area contributed by atoms with Crippen LogP contribution in [0.3, 0.4) is 0 Å². The van der Waals surface area contributed by atoms with Crippen molar-refractivity contribution < 1.29 is 4.79 Å². The zero-order chi connectivity index (χ0) is 19.6. The molecule has 0 atom stereocenters. The van der Waals surface area contributed by atoms with Crippen molar-refractivity contribution in [3.63, 3.8) is 0 Å². The number of nitrogens with two attached hydrogens (primary N) is 1. The van der Waals surface area contributed by atoms with Crippen LogP contribution in [0.25, 0.3) is 5.69 Å². The number of carbonyl (C=O) groups excluding carboxylic acids is 1. The first-order valence-corrected chi connectivity index (χ1v) is 9.31. The van der Waals surface area contributed by atoms with Crippen LogP contribution in [0.4, 0.5) is 5.69 Å². The predicted molar refractivity (Wildman–Crippen MR) is 114 cm³/mol. The van der Waals surface area contributed by atoms with E-state index >= 15 is 0 Å². The number of carbonyl (C=O) groups is 1. The maximum absolute atomic E-state index is 12.2. The molecule has 3 aromatic rings. The average molecular weight is 425 g/mol. The summed E-state index contributed by atoms with van der Waals surface area (Å²) in [6.07, 6.45) is 1.65. The average Bonchev–Trinajstić information content (AvgIpc) is 2.91. The molecule has 3 N–H and O–H groups in total. The molecular weight excluding hydrogens is 404 g/mol. The predicted octanol–water partition coefficient (Wildman–Crippen LogP) is 4.51. The van der Waals surface area contributed by atoms with E-state index < -0.39 is 0 Å². The summed E-state index contributed by atoms with van der Waals surface area (Å²) in [6.45, 7) is 6.13. The minimum absolute atomic E-state index is 0.333. The van der Waals surface area contributed by atoms with E-state index in [1.165, 1.54) is 5.56 Å². The molecule has 0 saturated heterocycles. The first kappa shape index (κ1) is 18.9. The van der Waals surface area contributed by atoms with Gasteiger partial charge in [-0.3, -0.25) is 4.79 Å². The maximum Gasteiger partial charge on any atom is 0.273 e. The van der Waals surface area contributed by atoms with Crippen LogP contribution in [-0.4, -0.2) is 16.7 Å². The zero-order valence-electron chi connectivity index (χ0n) is 15.5. The van der Waals surface area contributed by atoms with Crippen molar-refractivity contribution in [3.05, 3.63) is 81.1 Å². The number of benzene rings is 2. The Labute approximate surface area is 167 Å². The first-order valence-electron chi connectivity index (χ1n) is 8.52. The summed E-state index contributed by atoms with van der Waals surface area (Å²) < 4.78 is 3.22. The number of amides is 1. The fourth-order valence-electron chi connectivity index (χ4n) is 2.96. The molecule has 0 unspecified atom stereocenters. The van der Waals surface area contributed by atoms with Crippen molar-refractivity contribution in [1.82, 2.24) is 9.99 Å². The van der Waals surface area contributed by atoms with Crippen molar-refractivity contribution in [1.29, 1.82) is 0 Å². The highest BCUT2D eigenvalue weighted by molar-refractivity contribution is 9.10. The molecule has 6 heteroatoms. The molecule has 1 amide bonds. The Hall–Kier alpha value is -2.86. The first-order chi connectivity index (χ1) is 12.9. The van der Waals surface area contributed by atoms with Gasteiger partial charge in [-0.1, -0.05) is 34.1 Å². The van der Waals surface area contributed by atoms with Crippen LogP contribution in [0.1, 0.15) is 32.9 Å². The third kappa shape index (κ3) is 3.95. The van der Waals surface area contributed by atoms with Crippen LogP contribution in [0.5, 0.6) is 0 Å². The number of hydrazone groups is 1. The van der Waals surface area contributed by atoms with Crippen molar-refractivity contribution in [2.24, 2.45) is 5.10 Å². The number of nitrogens with zero attached hydrogens (tertiary/aromatic N) is 2. The molecule has 0 aliphatic rings. The number of nitrogen functional groups attached to an aromatic ring is 1. The van der Waals surface area contributed by atoms with Crippen LogP contribution in [-0.2, 0) is 0 Å². The Morgan fingerprint density at radius 3 is 2.59 bits per heavy atom. The van der Waals surface area contributed by atoms with Crippen LogP contribution >= 0.6 is 15.9 Å². The van der Waals surface area contributed by atoms with Gasteiger partial charge in [-0.15, -0.1) is 0 Å². The third-order valence-electron chi connectivity index (χ3n) is 4.46. The second kappa shape index (κ2) is 7.80. The largest absolute Gasteiger partial charge is 0.398 e. The molecule has 1 heterocycles. The molecule has 0 radical (unpaired) electrons. The summed E-state index contributed by atoms with van der Waals surface area (Å²) in [5.41, 5.74) is 14.5. The molecule has 1 aromatic heterocycles. The number of anilines is 1. The summed E-state index contributed by atoms with van der Waals surface area (Å²) >= 11 is 3.59. The number of hydrogen-bond acceptors (Lipinski definition) is 3. The molecule has 0 spiro atoms. The van der Waals surface area contributed by atoms with E-state index in [1.807, 2.05) is 19.9 Å². The van der Waals surface area contributed by atoms with Crippen molar-refractivity contribution in [2.45, 2.75) is 20.8 Å². The highest BCUT2D eigenvalue weighted by Crippen LogP contribution is 2.24. The molecule has 3 rings (SSSR count). The Morgan fingerprint density at radius 2 is 1.89 bits per heavy atom. The normalized spacial score (nSPS) is 11.1. The quantitative estimate of drug-likeness (QED) is 0.367. The lowest BCUT2D eigenvalue weighted by atomic mass is 10.2. The van der Waals surface area contributed by atoms with Gasteiger partial charge in [0.2, 0.25) is 0 Å². The van der Waals surface area contributed by atoms with Gasteiger partial charge in [0.1, 0.15) is 0 Å². The molecular formula is C21H21BrN4O. The minimum atomic E-state index is -0.333. The number of halogens is 1. The molecule has 0 fully saturated rings. The van der Waals surface area contributed by atoms with Gasteiger partial charge in [0.25, 0.3) is 5.91 Å². The summed E-state index contributed by atoms with van der Waals surface area (Å²) in [4.78, 5) is 12.2. The number of hydrogen-bond donors (Lipinski definition) is 2. The lowest BCUT2D eigenvalue weighted by Gasteiger charge is -2.11. The summed E-state index contributed by atoms with van der Waals surface area (Å²) in [5, 5.41) is 4.10. The van der Waals surface area contributed by atoms with Gasteiger partial charge in [-0.05, 0) is 56.7 Å². The van der Waals surface area contributed by atoms with Gasteiger partial charge in [0.05, 0.1) is 11.8 Å². The third-order valence-corrected chi connectivity index (χ3v) is 5.31. The van der Waals surface area contributed by atoms with Crippen molar-refractivity contribution in [3.8, 4) is 5.69 Å². The Morgan fingerprint density at radius 1 is 1.15 bits per heavy atom. The number of aromatic nitrogens is 1. The van der Waals surface area contributed by atoms with E-state index in [1.54, 1.807) is 30.5 Å². The van der Waals surface area contributed by atoms with Gasteiger partial charge in [0, 0.05) is 32.8 Å². The SMILES string of the molecule is Cc1ccc(-n2c(C)cc(/C=N/NC(=O)c3ccccc3N)c2C)cc1Br. The van der Waals surface area contributed by atoms with E-state index in [-0.39, 0.29) is 5.91 Å². The molecule has 138 valence electrons. The van der Waals surface area contributed by atoms with E-state index in [2.05, 4.69) is 56.1 Å². The van der Waals surface area contributed by atoms with Crippen LogP contribution in [0.15, 0.2) is 58.1 Å². The summed E-state index contributed by atoms with van der Waals surface area (Å²) in [5.74, 6) is -0.333. The van der Waals surface area contributed by atoms with Gasteiger partial charge in [0.15, 0.2) is 0 Å². The van der Waals surface area contributed by atoms with Gasteiger partial charge in [-0.25, -0.2) is 5.43 Å². The number of rotatable bonds is 4. The van der Waals surface area contributed by atoms with E-state index in [0.29, 0.717) is 11.3 Å². The molecule has 2 aromatic carbocycles. The van der Waals surface area contributed by atoms with Crippen LogP contribution < -0.4 is 11.2 Å². The molecule has 0 aliphatic heterocycles. The second-order valence-corrected chi connectivity index (χ2v) is 7.24. The maximum atomic E-state index is 12.2. The van der Waals surface area contributed by atoms with Gasteiger partial charge in [-0.2, -0.15) is 5.10 Å². The summed E-state index contributed by atoms with van der Waals surface area (Å²) in [7, 11) is 0. The van der Waals surface area contributed by atoms with Gasteiger partial charge < -0.3 is 10.3 Å². The molecule has 5 nitrogen and oxygen atoms in total. The Bertz CT molecular complexity index is 1040. The Balaban J connectivity index is 1.82. The smallest absolute Gasteiger partial charge is 0.273 e. The standard InChI is InChI=1S/C21H21BrN4O/c1-13-8-9-17(11-19(13)22)26-14(2)10-16(15(26)3)12-24-25-21(27)18-6-4-5-7-20(18)23/h4-12H,23H2,1-3H3,(H,25,27)/b24-12+. The van der Waals surface area contributed by atoms with Crippen LogP contribution in [0.2, 0.25) is 0 Å². The molecule has 0 saturated carbocycles. The van der Waals surface area contributed by atoms with E-state index in [9.17, 15) is 4.79 Å². The highest BCUT2D eigenvalue weighted by Gasteiger charge is 2.11. The van der Waals surface area contributed by atoms with Crippen LogP contribution in [0, 0.1) is 20.8 Å². The number of aryl methyl sites for hydroxylation is 2. The minimum Gasteiger partial charge on any atom is -0.398 e. The fraction of sp³-hybridized carbons (Fsp3) is 0.143. The summed E-state index contributed by atoms with van der Waals surface area (Å²) in [6, 6.07) is 15.2. The number of nitrogens with one attached hydrogen (secondary N) is 1. The lowest BCUT2D eigenvalue weighted by molar-refractivity contribution is 0.0956. The second-order valence-electron chi connectivity index (χ2n) is 6.38. The van der Waals surface area contributed by atoms with Crippen molar-refractivity contribution in [2.75, 3.05) is 5.73 Å². The van der Waals surface area contributed by atoms with E-state index in [4.69, 9.17) is 5.73 Å². The monoisotopic (exact) mass is 424 g/mol.